The number of aromatic nitrogens is 1. The van der Waals surface area contributed by atoms with Crippen LogP contribution in [0.1, 0.15) is 10.4 Å². The number of aliphatic hydroxyl groups excluding tert-OH is 1. The molecule has 0 radical (unpaired) electrons. The quantitative estimate of drug-likeness (QED) is 0.688. The Kier molecular flexibility index (Phi) is 4.12. The van der Waals surface area contributed by atoms with Gasteiger partial charge in [0.15, 0.2) is 0 Å². The van der Waals surface area contributed by atoms with Crippen LogP contribution in [0.4, 0.5) is 4.79 Å². The molecule has 3 heterocycles. The second kappa shape index (κ2) is 6.44. The van der Waals surface area contributed by atoms with Gasteiger partial charge in [0, 0.05) is 26.9 Å². The highest BCUT2D eigenvalue weighted by atomic mass is 32.2. The van der Waals surface area contributed by atoms with E-state index in [0.717, 1.165) is 43.5 Å². The van der Waals surface area contributed by atoms with Crippen molar-refractivity contribution < 1.29 is 14.7 Å². The number of aliphatic hydroxyl groups is 1. The fraction of sp³-hybridized carbons (Fsp3) is 0.0556. The highest BCUT2D eigenvalue weighted by Gasteiger charge is 2.24. The Morgan fingerprint density at radius 3 is 2.76 bits per heavy atom. The minimum absolute atomic E-state index is 0.0192. The molecule has 0 atom stereocenters. The fourth-order valence-corrected chi connectivity index (χ4v) is 4.24. The van der Waals surface area contributed by atoms with E-state index < -0.39 is 0 Å². The average molecular weight is 368 g/mol. The first kappa shape index (κ1) is 16.0. The standard InChI is InChI=1S/C18H12N2O3S2/c21-9-11-2-4-15(24-11)12-5-6-19-14-3-1-10(7-13(12)14)8-16-17(22)20-18(23)25-16/h1-8,21H,9H2,(H,20,22,23)/b16-8+. The Labute approximate surface area is 151 Å². The molecule has 2 N–H and O–H groups in total. The maximum atomic E-state index is 11.7. The van der Waals surface area contributed by atoms with Gasteiger partial charge in [-0.15, -0.1) is 11.3 Å². The van der Waals surface area contributed by atoms with E-state index in [0.29, 0.717) is 4.91 Å². The van der Waals surface area contributed by atoms with Gasteiger partial charge in [0.1, 0.15) is 0 Å². The van der Waals surface area contributed by atoms with E-state index >= 15 is 0 Å². The molecular weight excluding hydrogens is 356 g/mol. The number of rotatable bonds is 3. The second-order valence-corrected chi connectivity index (χ2v) is 7.59. The summed E-state index contributed by atoms with van der Waals surface area (Å²) in [5.41, 5.74) is 2.70. The lowest BCUT2D eigenvalue weighted by atomic mass is 10.0. The molecule has 7 heteroatoms. The van der Waals surface area contributed by atoms with E-state index in [1.54, 1.807) is 12.3 Å². The van der Waals surface area contributed by atoms with Gasteiger partial charge in [0.05, 0.1) is 17.0 Å². The van der Waals surface area contributed by atoms with Crippen LogP contribution < -0.4 is 5.32 Å². The molecule has 2 aromatic heterocycles. The largest absolute Gasteiger partial charge is 0.391 e. The third-order valence-electron chi connectivity index (χ3n) is 3.79. The molecule has 2 amide bonds. The molecule has 0 spiro atoms. The number of fused-ring (bicyclic) bond motifs is 1. The maximum absolute atomic E-state index is 11.7. The van der Waals surface area contributed by atoms with Gasteiger partial charge < -0.3 is 5.11 Å². The van der Waals surface area contributed by atoms with Crippen LogP contribution in [0, 0.1) is 0 Å². The number of carbonyl (C=O) groups excluding carboxylic acids is 2. The van der Waals surface area contributed by atoms with E-state index in [4.69, 9.17) is 0 Å². The van der Waals surface area contributed by atoms with E-state index in [-0.39, 0.29) is 17.8 Å². The lowest BCUT2D eigenvalue weighted by Gasteiger charge is -2.05. The van der Waals surface area contributed by atoms with Crippen LogP contribution in [0.25, 0.3) is 27.4 Å². The average Bonchev–Trinajstić information content (AvgIpc) is 3.21. The molecule has 1 aliphatic heterocycles. The monoisotopic (exact) mass is 368 g/mol. The molecule has 0 unspecified atom stereocenters. The Bertz CT molecular complexity index is 1040. The number of amides is 2. The van der Waals surface area contributed by atoms with E-state index in [9.17, 15) is 14.7 Å². The zero-order valence-corrected chi connectivity index (χ0v) is 14.5. The molecule has 0 bridgehead atoms. The van der Waals surface area contributed by atoms with Crippen molar-refractivity contribution >= 4 is 51.2 Å². The first-order valence-electron chi connectivity index (χ1n) is 7.47. The molecule has 4 rings (SSSR count). The topological polar surface area (TPSA) is 79.3 Å². The molecule has 0 aliphatic carbocycles. The fourth-order valence-electron chi connectivity index (χ4n) is 2.65. The highest BCUT2D eigenvalue weighted by Crippen LogP contribution is 2.34. The maximum Gasteiger partial charge on any atom is 0.290 e. The summed E-state index contributed by atoms with van der Waals surface area (Å²) in [6.07, 6.45) is 3.46. The third-order valence-corrected chi connectivity index (χ3v) is 5.70. The first-order chi connectivity index (χ1) is 12.1. The molecule has 0 saturated carbocycles. The van der Waals surface area contributed by atoms with Gasteiger partial charge in [-0.1, -0.05) is 6.07 Å². The molecule has 25 heavy (non-hydrogen) atoms. The van der Waals surface area contributed by atoms with Crippen LogP contribution in [-0.2, 0) is 11.4 Å². The predicted octanol–water partition coefficient (Wildman–Crippen LogP) is 3.78. The summed E-state index contributed by atoms with van der Waals surface area (Å²) in [6, 6.07) is 11.5. The minimum Gasteiger partial charge on any atom is -0.391 e. The van der Waals surface area contributed by atoms with Crippen LogP contribution in [0.5, 0.6) is 0 Å². The van der Waals surface area contributed by atoms with Gasteiger partial charge in [-0.3, -0.25) is 19.9 Å². The lowest BCUT2D eigenvalue weighted by Crippen LogP contribution is -2.17. The van der Waals surface area contributed by atoms with Crippen molar-refractivity contribution in [1.29, 1.82) is 0 Å². The summed E-state index contributed by atoms with van der Waals surface area (Å²) < 4.78 is 0. The van der Waals surface area contributed by atoms with Crippen LogP contribution in [0.3, 0.4) is 0 Å². The zero-order valence-electron chi connectivity index (χ0n) is 12.9. The number of benzene rings is 1. The number of hydrogen-bond acceptors (Lipinski definition) is 6. The summed E-state index contributed by atoms with van der Waals surface area (Å²) in [5, 5.41) is 12.1. The van der Waals surface area contributed by atoms with Crippen molar-refractivity contribution in [1.82, 2.24) is 10.3 Å². The van der Waals surface area contributed by atoms with Gasteiger partial charge in [-0.25, -0.2) is 0 Å². The van der Waals surface area contributed by atoms with Crippen LogP contribution in [0.15, 0.2) is 47.5 Å². The number of thiophene rings is 1. The van der Waals surface area contributed by atoms with Gasteiger partial charge in [0.25, 0.3) is 11.1 Å². The normalized spacial score (nSPS) is 16.0. The minimum atomic E-state index is -0.368. The predicted molar refractivity (Wildman–Crippen MR) is 100 cm³/mol. The van der Waals surface area contributed by atoms with Gasteiger partial charge in [-0.05, 0) is 53.7 Å². The van der Waals surface area contributed by atoms with E-state index in [1.165, 1.54) is 11.3 Å². The van der Waals surface area contributed by atoms with E-state index in [1.807, 2.05) is 36.4 Å². The summed E-state index contributed by atoms with van der Waals surface area (Å²) in [4.78, 5) is 29.7. The SMILES string of the molecule is O=C1NC(=O)/C(=C\c2ccc3nccc(-c4ccc(CO)s4)c3c2)S1. The van der Waals surface area contributed by atoms with Crippen molar-refractivity contribution in [2.45, 2.75) is 6.61 Å². The van der Waals surface area contributed by atoms with Crippen LogP contribution in [-0.4, -0.2) is 21.2 Å². The Morgan fingerprint density at radius 1 is 1.16 bits per heavy atom. The van der Waals surface area contributed by atoms with E-state index in [2.05, 4.69) is 10.3 Å². The smallest absolute Gasteiger partial charge is 0.290 e. The van der Waals surface area contributed by atoms with Crippen molar-refractivity contribution in [3.63, 3.8) is 0 Å². The van der Waals surface area contributed by atoms with Gasteiger partial charge in [-0.2, -0.15) is 0 Å². The number of thioether (sulfide) groups is 1. The number of pyridine rings is 1. The third kappa shape index (κ3) is 3.09. The number of nitrogens with one attached hydrogen (secondary N) is 1. The molecule has 1 aromatic carbocycles. The van der Waals surface area contributed by atoms with Crippen molar-refractivity contribution in [3.8, 4) is 10.4 Å². The number of nitrogens with zero attached hydrogens (tertiary/aromatic N) is 1. The Hall–Kier alpha value is -2.48. The van der Waals surface area contributed by atoms with Gasteiger partial charge in [0.2, 0.25) is 0 Å². The first-order valence-corrected chi connectivity index (χ1v) is 9.11. The summed E-state index contributed by atoms with van der Waals surface area (Å²) in [5.74, 6) is -0.368. The van der Waals surface area contributed by atoms with Gasteiger partial charge >= 0.3 is 0 Å². The Morgan fingerprint density at radius 2 is 2.04 bits per heavy atom. The molecular formula is C18H12N2O3S2. The molecule has 5 nitrogen and oxygen atoms in total. The summed E-state index contributed by atoms with van der Waals surface area (Å²) >= 11 is 2.44. The second-order valence-electron chi connectivity index (χ2n) is 5.41. The highest BCUT2D eigenvalue weighted by molar-refractivity contribution is 8.18. The number of carbonyl (C=O) groups is 2. The zero-order chi connectivity index (χ0) is 17.4. The van der Waals surface area contributed by atoms with Crippen LogP contribution >= 0.6 is 23.1 Å². The number of hydrogen-bond donors (Lipinski definition) is 2. The molecule has 3 aromatic rings. The summed E-state index contributed by atoms with van der Waals surface area (Å²) in [6.45, 7) is 0.0192. The number of imide groups is 1. The van der Waals surface area contributed by atoms with Crippen molar-refractivity contribution in [2.75, 3.05) is 0 Å². The molecule has 1 saturated heterocycles. The van der Waals surface area contributed by atoms with Crippen molar-refractivity contribution in [3.05, 3.63) is 57.9 Å². The van der Waals surface area contributed by atoms with Crippen molar-refractivity contribution in [2.24, 2.45) is 0 Å². The summed E-state index contributed by atoms with van der Waals surface area (Å²) in [7, 11) is 0. The molecule has 124 valence electrons. The Balaban J connectivity index is 1.82. The molecule has 1 aliphatic rings. The van der Waals surface area contributed by atoms with Crippen LogP contribution in [0.2, 0.25) is 0 Å². The molecule has 1 fully saturated rings. The lowest BCUT2D eigenvalue weighted by molar-refractivity contribution is -0.115.